The summed E-state index contributed by atoms with van der Waals surface area (Å²) in [6, 6.07) is -0.779. The van der Waals surface area contributed by atoms with Crippen molar-refractivity contribution >= 4 is 0 Å². The maximum absolute atomic E-state index is 10.1. The number of azide groups is 1. The molecule has 104 valence electrons. The molecule has 0 bridgehead atoms. The zero-order valence-corrected chi connectivity index (χ0v) is 9.70. The molecule has 0 heterocycles. The van der Waals surface area contributed by atoms with E-state index in [2.05, 4.69) is 10.0 Å². The van der Waals surface area contributed by atoms with Crippen molar-refractivity contribution in [2.24, 2.45) is 5.11 Å². The highest BCUT2D eigenvalue weighted by Crippen LogP contribution is 2.34. The van der Waals surface area contributed by atoms with E-state index in [0.717, 1.165) is 0 Å². The fourth-order valence-corrected chi connectivity index (χ4v) is 2.19. The first-order valence-electron chi connectivity index (χ1n) is 5.42. The summed E-state index contributed by atoms with van der Waals surface area (Å²) in [6.07, 6.45) is -9.52. The molecule has 1 aliphatic rings. The predicted octanol–water partition coefficient (Wildman–Crippen LogP) is -2.38. The van der Waals surface area contributed by atoms with E-state index in [1.165, 1.54) is 6.92 Å². The van der Waals surface area contributed by atoms with Crippen LogP contribution >= 0.6 is 0 Å². The molecule has 1 saturated carbocycles. The number of hydrogen-bond donors (Lipinski definition) is 6. The first-order chi connectivity index (χ1) is 8.25. The van der Waals surface area contributed by atoms with Crippen molar-refractivity contribution in [1.29, 1.82) is 0 Å². The summed E-state index contributed by atoms with van der Waals surface area (Å²) >= 11 is 0. The summed E-state index contributed by atoms with van der Waals surface area (Å²) in [6.45, 7) is 1.43. The second-order valence-corrected chi connectivity index (χ2v) is 4.61. The maximum atomic E-state index is 10.1. The average Bonchev–Trinajstić information content (AvgIpc) is 2.32. The lowest BCUT2D eigenvalue weighted by Crippen LogP contribution is -2.71. The zero-order chi connectivity index (χ0) is 14.1. The Labute approximate surface area is 103 Å². The standard InChI is InChI=1S/C9H17N3O6/c1-3(11-12-10)2-9(18)7(16)5(14)4(13)6(15)8(9)17/h3-8,13-18H,2H2,1H3/t3?,4?,5-,6+,7-,8-,9?/m1/s1. The van der Waals surface area contributed by atoms with E-state index >= 15 is 0 Å². The Morgan fingerprint density at radius 2 is 1.56 bits per heavy atom. The molecule has 0 aromatic heterocycles. The van der Waals surface area contributed by atoms with E-state index in [1.807, 2.05) is 0 Å². The highest BCUT2D eigenvalue weighted by atomic mass is 16.4. The van der Waals surface area contributed by atoms with Gasteiger partial charge in [0.05, 0.1) is 0 Å². The fraction of sp³-hybridized carbons (Fsp3) is 1.00. The van der Waals surface area contributed by atoms with Gasteiger partial charge in [0.2, 0.25) is 0 Å². The van der Waals surface area contributed by atoms with Crippen molar-refractivity contribution in [3.05, 3.63) is 10.4 Å². The lowest BCUT2D eigenvalue weighted by Gasteiger charge is -2.48. The third kappa shape index (κ3) is 2.43. The Kier molecular flexibility index (Phi) is 4.51. The Hall–Kier alpha value is -0.930. The molecule has 0 saturated heterocycles. The van der Waals surface area contributed by atoms with Gasteiger partial charge >= 0.3 is 0 Å². The van der Waals surface area contributed by atoms with Crippen LogP contribution in [0.5, 0.6) is 0 Å². The first kappa shape index (κ1) is 15.1. The van der Waals surface area contributed by atoms with Gasteiger partial charge in [0.25, 0.3) is 0 Å². The van der Waals surface area contributed by atoms with Gasteiger partial charge in [0.15, 0.2) is 0 Å². The van der Waals surface area contributed by atoms with Gasteiger partial charge in [-0.15, -0.1) is 0 Å². The number of nitrogens with zero attached hydrogens (tertiary/aromatic N) is 3. The van der Waals surface area contributed by atoms with Crippen molar-refractivity contribution < 1.29 is 30.6 Å². The minimum absolute atomic E-state index is 0.375. The molecule has 0 aromatic rings. The Morgan fingerprint density at radius 1 is 1.11 bits per heavy atom. The molecule has 0 aromatic carbocycles. The summed E-state index contributed by atoms with van der Waals surface area (Å²) < 4.78 is 0. The predicted molar refractivity (Wildman–Crippen MR) is 58.2 cm³/mol. The third-order valence-corrected chi connectivity index (χ3v) is 3.24. The van der Waals surface area contributed by atoms with E-state index in [0.29, 0.717) is 0 Å². The largest absolute Gasteiger partial charge is 0.387 e. The Bertz CT molecular complexity index is 331. The minimum Gasteiger partial charge on any atom is -0.387 e. The van der Waals surface area contributed by atoms with Gasteiger partial charge < -0.3 is 30.6 Å². The molecule has 18 heavy (non-hydrogen) atoms. The molecule has 0 radical (unpaired) electrons. The Morgan fingerprint density at radius 3 is 1.94 bits per heavy atom. The number of rotatable bonds is 3. The van der Waals surface area contributed by atoms with Crippen LogP contribution in [0, 0.1) is 0 Å². The molecule has 3 unspecified atom stereocenters. The molecule has 0 amide bonds. The molecule has 1 rings (SSSR count). The molecule has 9 heteroatoms. The SMILES string of the molecule is CC(CC1(O)[C@H](O)[C@H](O)C(O)[C@H](O)[C@H]1O)N=[N+]=[N-]. The number of aliphatic hydroxyl groups is 6. The molecule has 7 atom stereocenters. The van der Waals surface area contributed by atoms with Gasteiger partial charge in [-0.3, -0.25) is 0 Å². The lowest BCUT2D eigenvalue weighted by atomic mass is 9.72. The van der Waals surface area contributed by atoms with Crippen LogP contribution in [0.2, 0.25) is 0 Å². The summed E-state index contributed by atoms with van der Waals surface area (Å²) in [5, 5.41) is 61.1. The summed E-state index contributed by atoms with van der Waals surface area (Å²) in [5.74, 6) is 0. The smallest absolute Gasteiger partial charge is 0.122 e. The van der Waals surface area contributed by atoms with Crippen LogP contribution in [0.15, 0.2) is 5.11 Å². The molecule has 0 spiro atoms. The average molecular weight is 263 g/mol. The van der Waals surface area contributed by atoms with Crippen LogP contribution in [0.3, 0.4) is 0 Å². The minimum atomic E-state index is -2.27. The molecule has 6 N–H and O–H groups in total. The van der Waals surface area contributed by atoms with Crippen molar-refractivity contribution in [3.63, 3.8) is 0 Å². The van der Waals surface area contributed by atoms with Crippen molar-refractivity contribution in [2.45, 2.75) is 55.5 Å². The highest BCUT2D eigenvalue weighted by Gasteiger charge is 2.57. The van der Waals surface area contributed by atoms with E-state index in [9.17, 15) is 30.6 Å². The van der Waals surface area contributed by atoms with Gasteiger partial charge in [0.1, 0.15) is 36.1 Å². The molecular weight excluding hydrogens is 246 g/mol. The topological polar surface area (TPSA) is 170 Å². The molecular formula is C9H17N3O6. The summed E-state index contributed by atoms with van der Waals surface area (Å²) in [4.78, 5) is 2.51. The van der Waals surface area contributed by atoms with Crippen LogP contribution in [0.4, 0.5) is 0 Å². The van der Waals surface area contributed by atoms with Crippen molar-refractivity contribution in [3.8, 4) is 0 Å². The van der Waals surface area contributed by atoms with Gasteiger partial charge in [0, 0.05) is 11.0 Å². The van der Waals surface area contributed by atoms with Crippen LogP contribution in [-0.2, 0) is 0 Å². The first-order valence-corrected chi connectivity index (χ1v) is 5.42. The van der Waals surface area contributed by atoms with E-state index < -0.39 is 42.2 Å². The highest BCUT2D eigenvalue weighted by molar-refractivity contribution is 5.09. The fourth-order valence-electron chi connectivity index (χ4n) is 2.19. The quantitative estimate of drug-likeness (QED) is 0.189. The van der Waals surface area contributed by atoms with Crippen molar-refractivity contribution in [1.82, 2.24) is 0 Å². The number of hydrogen-bond acceptors (Lipinski definition) is 7. The normalized spacial score (nSPS) is 46.3. The second kappa shape index (κ2) is 5.37. The second-order valence-electron chi connectivity index (χ2n) is 4.61. The van der Waals surface area contributed by atoms with Crippen LogP contribution < -0.4 is 0 Å². The molecule has 1 aliphatic carbocycles. The summed E-state index contributed by atoms with van der Waals surface area (Å²) in [5.41, 5.74) is 5.97. The molecule has 0 aliphatic heterocycles. The van der Waals surface area contributed by atoms with Crippen LogP contribution in [0.25, 0.3) is 10.4 Å². The van der Waals surface area contributed by atoms with Crippen LogP contribution in [-0.4, -0.2) is 72.8 Å². The van der Waals surface area contributed by atoms with Gasteiger partial charge in [-0.05, 0) is 12.0 Å². The number of aliphatic hydroxyl groups excluding tert-OH is 5. The van der Waals surface area contributed by atoms with Gasteiger partial charge in [-0.1, -0.05) is 12.0 Å². The molecule has 1 fully saturated rings. The van der Waals surface area contributed by atoms with Gasteiger partial charge in [-0.25, -0.2) is 0 Å². The van der Waals surface area contributed by atoms with Crippen molar-refractivity contribution in [2.75, 3.05) is 0 Å². The van der Waals surface area contributed by atoms with E-state index in [-0.39, 0.29) is 6.42 Å². The monoisotopic (exact) mass is 263 g/mol. The van der Waals surface area contributed by atoms with E-state index in [1.54, 1.807) is 0 Å². The van der Waals surface area contributed by atoms with E-state index in [4.69, 9.17) is 5.53 Å². The van der Waals surface area contributed by atoms with Gasteiger partial charge in [-0.2, -0.15) is 0 Å². The maximum Gasteiger partial charge on any atom is 0.122 e. The Balaban J connectivity index is 2.99. The lowest BCUT2D eigenvalue weighted by molar-refractivity contribution is -0.270. The molecule has 9 nitrogen and oxygen atoms in total. The van der Waals surface area contributed by atoms with Crippen LogP contribution in [0.1, 0.15) is 13.3 Å². The third-order valence-electron chi connectivity index (χ3n) is 3.24. The zero-order valence-electron chi connectivity index (χ0n) is 9.70. The summed E-state index contributed by atoms with van der Waals surface area (Å²) in [7, 11) is 0.